The number of phosphoric ester groups is 1. The molecule has 0 N–H and O–H groups in total. The minimum absolute atomic E-state index is 0.0347. The van der Waals surface area contributed by atoms with Gasteiger partial charge in [0, 0.05) is 12.8 Å². The van der Waals surface area contributed by atoms with Gasteiger partial charge in [-0.1, -0.05) is 201 Å². The number of phosphoric acid groups is 1. The Morgan fingerprint density at radius 2 is 0.667 bits per heavy atom. The Bertz CT molecular complexity index is 1050. The molecular weight excluding hydrogens is 882 g/mol. The lowest BCUT2D eigenvalue weighted by Gasteiger charge is -2.26. The van der Waals surface area contributed by atoms with Gasteiger partial charge in [0.05, 0.1) is 19.8 Å². The van der Waals surface area contributed by atoms with Gasteiger partial charge in [0.1, 0.15) is 12.2 Å². The van der Waals surface area contributed by atoms with Crippen molar-refractivity contribution < 1.29 is 37.2 Å². The van der Waals surface area contributed by atoms with Gasteiger partial charge < -0.3 is 14.4 Å². The van der Waals surface area contributed by atoms with E-state index in [0.717, 1.165) is 135 Å². The summed E-state index contributed by atoms with van der Waals surface area (Å²) in [6.07, 6.45) is 50.2. The fraction of sp³-hybridized carbons (Fsp3) is 0.966. The van der Waals surface area contributed by atoms with Crippen molar-refractivity contribution in [3.8, 4) is 0 Å². The van der Waals surface area contributed by atoms with E-state index in [1.165, 1.54) is 161 Å². The van der Waals surface area contributed by atoms with Crippen LogP contribution in [0.5, 0.6) is 0 Å². The number of esters is 2. The Balaban J connectivity index is 2.43. The van der Waals surface area contributed by atoms with Crippen LogP contribution in [0.2, 0.25) is 0 Å². The molecule has 1 rings (SSSR count). The zero-order valence-electron chi connectivity index (χ0n) is 46.4. The second-order valence-electron chi connectivity index (χ2n) is 21.0. The van der Waals surface area contributed by atoms with E-state index in [4.69, 9.17) is 23.0 Å². The smallest absolute Gasteiger partial charge is 0.462 e. The van der Waals surface area contributed by atoms with Gasteiger partial charge in [-0.05, 0) is 122 Å². The molecule has 0 atom stereocenters. The monoisotopic (exact) mass is 998 g/mol. The summed E-state index contributed by atoms with van der Waals surface area (Å²) < 4.78 is 43.6. The predicted molar refractivity (Wildman–Crippen MR) is 292 cm³/mol. The van der Waals surface area contributed by atoms with Crippen LogP contribution in [-0.2, 0) is 37.2 Å². The second kappa shape index (κ2) is 50.5. The van der Waals surface area contributed by atoms with E-state index in [1.807, 2.05) is 0 Å². The summed E-state index contributed by atoms with van der Waals surface area (Å²) in [5.41, 5.74) is 0. The number of carbonyl (C=O) groups excluding carboxylic acids is 2. The van der Waals surface area contributed by atoms with Gasteiger partial charge in [-0.25, -0.2) is 4.57 Å². The molecule has 1 saturated heterocycles. The van der Waals surface area contributed by atoms with Crippen molar-refractivity contribution >= 4 is 19.8 Å². The average Bonchev–Trinajstić information content (AvgIpc) is 3.35. The number of carbonyl (C=O) groups is 2. The molecule has 0 saturated carbocycles. The number of likely N-dealkylation sites (tertiary alicyclic amines) is 1. The molecule has 0 aromatic rings. The summed E-state index contributed by atoms with van der Waals surface area (Å²) in [6, 6.07) is 0. The Kier molecular flexibility index (Phi) is 48.4. The maximum Gasteiger partial charge on any atom is 0.474 e. The predicted octanol–water partition coefficient (Wildman–Crippen LogP) is 18.9. The van der Waals surface area contributed by atoms with Crippen molar-refractivity contribution in [3.63, 3.8) is 0 Å². The van der Waals surface area contributed by atoms with E-state index in [2.05, 4.69) is 32.6 Å². The molecular formula is C59H116NO8P. The first-order valence-corrected chi connectivity index (χ1v) is 32.0. The number of piperidine rings is 1. The van der Waals surface area contributed by atoms with Gasteiger partial charge in [0.2, 0.25) is 0 Å². The van der Waals surface area contributed by atoms with Crippen LogP contribution in [0.3, 0.4) is 0 Å². The van der Waals surface area contributed by atoms with Gasteiger partial charge in [-0.15, -0.1) is 0 Å². The zero-order chi connectivity index (χ0) is 50.0. The molecule has 0 unspecified atom stereocenters. The minimum atomic E-state index is -3.67. The summed E-state index contributed by atoms with van der Waals surface area (Å²) in [4.78, 5) is 28.3. The third-order valence-corrected chi connectivity index (χ3v) is 15.7. The van der Waals surface area contributed by atoms with Crippen LogP contribution in [0, 0.1) is 0 Å². The van der Waals surface area contributed by atoms with Crippen molar-refractivity contribution in [1.29, 1.82) is 0 Å². The number of unbranched alkanes of at least 4 members (excludes halogenated alkanes) is 29. The lowest BCUT2D eigenvalue weighted by atomic mass is 10.0. The molecule has 1 aliphatic heterocycles. The number of nitrogens with zero attached hydrogens (tertiary/aromatic N) is 1. The Morgan fingerprint density at radius 1 is 0.377 bits per heavy atom. The van der Waals surface area contributed by atoms with Gasteiger partial charge >= 0.3 is 19.8 Å². The van der Waals surface area contributed by atoms with Gasteiger partial charge in [-0.2, -0.15) is 0 Å². The maximum absolute atomic E-state index is 13.8. The summed E-state index contributed by atoms with van der Waals surface area (Å²) >= 11 is 0. The minimum Gasteiger partial charge on any atom is -0.462 e. The highest BCUT2D eigenvalue weighted by atomic mass is 31.2. The Hall–Kier alpha value is -0.990. The van der Waals surface area contributed by atoms with Crippen LogP contribution >= 0.6 is 7.82 Å². The molecule has 1 aliphatic rings. The second-order valence-corrected chi connectivity index (χ2v) is 22.7. The van der Waals surface area contributed by atoms with Crippen molar-refractivity contribution in [3.05, 3.63) is 0 Å². The fourth-order valence-corrected chi connectivity index (χ4v) is 11.0. The van der Waals surface area contributed by atoms with E-state index in [0.29, 0.717) is 32.7 Å². The summed E-state index contributed by atoms with van der Waals surface area (Å²) in [5, 5.41) is 0. The first kappa shape index (κ1) is 66.0. The zero-order valence-corrected chi connectivity index (χ0v) is 47.3. The highest BCUT2D eigenvalue weighted by Gasteiger charge is 2.26. The summed E-state index contributed by atoms with van der Waals surface area (Å²) in [7, 11) is -3.67. The third kappa shape index (κ3) is 44.2. The highest BCUT2D eigenvalue weighted by molar-refractivity contribution is 7.48. The lowest BCUT2D eigenvalue weighted by Crippen LogP contribution is -2.30. The molecule has 9 nitrogen and oxygen atoms in total. The number of rotatable bonds is 54. The molecule has 0 aliphatic carbocycles. The van der Waals surface area contributed by atoms with Crippen LogP contribution in [-0.4, -0.2) is 68.5 Å². The Morgan fingerprint density at radius 3 is 1.01 bits per heavy atom. The molecule has 0 radical (unpaired) electrons. The molecule has 10 heteroatoms. The van der Waals surface area contributed by atoms with Crippen LogP contribution in [0.4, 0.5) is 0 Å². The number of hydrogen-bond donors (Lipinski definition) is 0. The largest absolute Gasteiger partial charge is 0.474 e. The topological polar surface area (TPSA) is 101 Å². The normalized spacial score (nSPS) is 13.5. The van der Waals surface area contributed by atoms with E-state index in [1.54, 1.807) is 0 Å². The molecule has 0 aromatic heterocycles. The van der Waals surface area contributed by atoms with E-state index >= 15 is 0 Å². The quantitative estimate of drug-likeness (QED) is 0.0335. The molecule has 1 heterocycles. The van der Waals surface area contributed by atoms with Gasteiger partial charge in [-0.3, -0.25) is 23.2 Å². The maximum atomic E-state index is 13.8. The lowest BCUT2D eigenvalue weighted by molar-refractivity contribution is -0.151. The third-order valence-electron chi connectivity index (χ3n) is 14.2. The highest BCUT2D eigenvalue weighted by Crippen LogP contribution is 2.50. The molecule has 69 heavy (non-hydrogen) atoms. The average molecular weight is 999 g/mol. The molecule has 0 bridgehead atoms. The first-order valence-electron chi connectivity index (χ1n) is 30.5. The van der Waals surface area contributed by atoms with Gasteiger partial charge in [0.25, 0.3) is 0 Å². The molecule has 0 aromatic carbocycles. The SMILES string of the molecule is CCCCCCCCC(CCCCCCCC)OC(=O)CCCCCCCOP(=O)(OCCCCCCCC(=O)OC(CCCCCCCC)CCCCCCCC)OCCCCN1CCCCC1. The van der Waals surface area contributed by atoms with E-state index < -0.39 is 7.82 Å². The fourth-order valence-electron chi connectivity index (χ4n) is 9.69. The summed E-state index contributed by atoms with van der Waals surface area (Å²) in [6.45, 7) is 13.5. The van der Waals surface area contributed by atoms with Crippen molar-refractivity contribution in [1.82, 2.24) is 4.90 Å². The van der Waals surface area contributed by atoms with E-state index in [9.17, 15) is 14.2 Å². The van der Waals surface area contributed by atoms with Crippen LogP contribution < -0.4 is 0 Å². The Labute approximate surface area is 428 Å². The molecule has 0 spiro atoms. The van der Waals surface area contributed by atoms with E-state index in [-0.39, 0.29) is 24.1 Å². The van der Waals surface area contributed by atoms with Crippen LogP contribution in [0.1, 0.15) is 317 Å². The standard InChI is InChI=1S/C59H116NO8P/c1-5-9-13-17-23-32-44-56(45-33-24-18-14-10-6-2)67-58(61)48-36-27-21-29-41-53-64-69(63,66-55-43-40-52-60-50-38-31-39-51-60)65-54-42-30-22-28-37-49-59(62)68-57(46-34-25-19-15-11-7-3)47-35-26-20-16-12-8-4/h56-57H,5-55H2,1-4H3. The molecule has 0 amide bonds. The van der Waals surface area contributed by atoms with Crippen molar-refractivity contribution in [2.75, 3.05) is 39.5 Å². The number of ether oxygens (including phenoxy) is 2. The van der Waals surface area contributed by atoms with Crippen LogP contribution in [0.25, 0.3) is 0 Å². The summed E-state index contributed by atoms with van der Waals surface area (Å²) in [5.74, 6) is -0.0694. The van der Waals surface area contributed by atoms with Crippen molar-refractivity contribution in [2.24, 2.45) is 0 Å². The van der Waals surface area contributed by atoms with Crippen molar-refractivity contribution in [2.45, 2.75) is 329 Å². The molecule has 1 fully saturated rings. The first-order chi connectivity index (χ1) is 33.9. The van der Waals surface area contributed by atoms with Crippen LogP contribution in [0.15, 0.2) is 0 Å². The number of hydrogen-bond acceptors (Lipinski definition) is 9. The molecule has 410 valence electrons. The van der Waals surface area contributed by atoms with Gasteiger partial charge in [0.15, 0.2) is 0 Å².